The molecule has 0 fully saturated rings. The standard InChI is InChI=1S/C13H18N4O/c1-2-10(6-7-14)16-13(18)11-9-15-17-8-4-3-5-12(11)17/h3-5,8-10H,2,6-7,14H2,1H3,(H,16,18). The van der Waals surface area contributed by atoms with Gasteiger partial charge in [-0.15, -0.1) is 0 Å². The number of nitrogens with two attached hydrogens (primary N) is 1. The zero-order chi connectivity index (χ0) is 13.0. The Bertz CT molecular complexity index is 535. The van der Waals surface area contributed by atoms with Gasteiger partial charge < -0.3 is 11.1 Å². The Hall–Kier alpha value is -1.88. The predicted octanol–water partition coefficient (Wildman–Crippen LogP) is 1.19. The fraction of sp³-hybridized carbons (Fsp3) is 0.385. The molecule has 0 aliphatic rings. The fourth-order valence-corrected chi connectivity index (χ4v) is 1.95. The van der Waals surface area contributed by atoms with E-state index in [0.29, 0.717) is 12.1 Å². The van der Waals surface area contributed by atoms with E-state index in [1.54, 1.807) is 10.7 Å². The topological polar surface area (TPSA) is 72.4 Å². The summed E-state index contributed by atoms with van der Waals surface area (Å²) in [5.41, 5.74) is 6.94. The second-order valence-corrected chi connectivity index (χ2v) is 4.24. The molecule has 0 aromatic carbocycles. The average Bonchev–Trinajstić information content (AvgIpc) is 2.82. The summed E-state index contributed by atoms with van der Waals surface area (Å²) in [5.74, 6) is -0.0866. The quantitative estimate of drug-likeness (QED) is 0.832. The summed E-state index contributed by atoms with van der Waals surface area (Å²) in [7, 11) is 0. The lowest BCUT2D eigenvalue weighted by atomic mass is 10.1. The molecule has 5 heteroatoms. The number of aromatic nitrogens is 2. The number of amides is 1. The third kappa shape index (κ3) is 2.51. The Labute approximate surface area is 106 Å². The van der Waals surface area contributed by atoms with Crippen molar-refractivity contribution in [2.75, 3.05) is 6.54 Å². The van der Waals surface area contributed by atoms with Gasteiger partial charge >= 0.3 is 0 Å². The molecule has 0 spiro atoms. The van der Waals surface area contributed by atoms with Gasteiger partial charge in [0, 0.05) is 12.2 Å². The molecule has 1 atom stereocenters. The van der Waals surface area contributed by atoms with Crippen LogP contribution in [0.5, 0.6) is 0 Å². The van der Waals surface area contributed by atoms with E-state index in [4.69, 9.17) is 5.73 Å². The SMILES string of the molecule is CCC(CCN)NC(=O)c1cnn2ccccc12. The molecule has 2 aromatic rings. The molecular weight excluding hydrogens is 228 g/mol. The van der Waals surface area contributed by atoms with E-state index in [2.05, 4.69) is 10.4 Å². The molecule has 0 aliphatic carbocycles. The van der Waals surface area contributed by atoms with Crippen molar-refractivity contribution in [1.82, 2.24) is 14.9 Å². The summed E-state index contributed by atoms with van der Waals surface area (Å²) in [6.45, 7) is 2.62. The van der Waals surface area contributed by atoms with Crippen LogP contribution < -0.4 is 11.1 Å². The van der Waals surface area contributed by atoms with Gasteiger partial charge in [-0.1, -0.05) is 13.0 Å². The van der Waals surface area contributed by atoms with E-state index in [1.807, 2.05) is 31.3 Å². The van der Waals surface area contributed by atoms with Gasteiger partial charge in [0.1, 0.15) is 0 Å². The van der Waals surface area contributed by atoms with Gasteiger partial charge in [0.25, 0.3) is 5.91 Å². The van der Waals surface area contributed by atoms with Crippen molar-refractivity contribution in [1.29, 1.82) is 0 Å². The molecule has 2 rings (SSSR count). The van der Waals surface area contributed by atoms with E-state index in [-0.39, 0.29) is 11.9 Å². The van der Waals surface area contributed by atoms with Gasteiger partial charge in [-0.05, 0) is 31.5 Å². The first-order valence-corrected chi connectivity index (χ1v) is 6.19. The number of fused-ring (bicyclic) bond motifs is 1. The maximum Gasteiger partial charge on any atom is 0.255 e. The van der Waals surface area contributed by atoms with Crippen molar-refractivity contribution in [3.63, 3.8) is 0 Å². The minimum absolute atomic E-state index is 0.0866. The van der Waals surface area contributed by atoms with E-state index in [0.717, 1.165) is 18.4 Å². The third-order valence-electron chi connectivity index (χ3n) is 3.01. The number of pyridine rings is 1. The number of nitrogens with zero attached hydrogens (tertiary/aromatic N) is 2. The first-order valence-electron chi connectivity index (χ1n) is 6.19. The van der Waals surface area contributed by atoms with Crippen molar-refractivity contribution >= 4 is 11.4 Å². The van der Waals surface area contributed by atoms with Gasteiger partial charge in [0.2, 0.25) is 0 Å². The summed E-state index contributed by atoms with van der Waals surface area (Å²) >= 11 is 0. The van der Waals surface area contributed by atoms with Gasteiger partial charge in [0.05, 0.1) is 17.3 Å². The van der Waals surface area contributed by atoms with Crippen LogP contribution in [0.2, 0.25) is 0 Å². The minimum Gasteiger partial charge on any atom is -0.349 e. The molecule has 18 heavy (non-hydrogen) atoms. The highest BCUT2D eigenvalue weighted by Gasteiger charge is 2.15. The van der Waals surface area contributed by atoms with Crippen LogP contribution in [0.25, 0.3) is 5.52 Å². The van der Waals surface area contributed by atoms with Crippen molar-refractivity contribution in [3.05, 3.63) is 36.2 Å². The van der Waals surface area contributed by atoms with Gasteiger partial charge in [-0.3, -0.25) is 4.79 Å². The molecule has 2 heterocycles. The van der Waals surface area contributed by atoms with E-state index < -0.39 is 0 Å². The summed E-state index contributed by atoms with van der Waals surface area (Å²) in [6.07, 6.45) is 5.09. The van der Waals surface area contributed by atoms with Crippen LogP contribution in [0, 0.1) is 0 Å². The smallest absolute Gasteiger partial charge is 0.255 e. The lowest BCUT2D eigenvalue weighted by Gasteiger charge is -2.15. The number of hydrogen-bond donors (Lipinski definition) is 2. The summed E-state index contributed by atoms with van der Waals surface area (Å²) in [4.78, 5) is 12.2. The molecular formula is C13H18N4O. The number of nitrogens with one attached hydrogen (secondary N) is 1. The van der Waals surface area contributed by atoms with E-state index >= 15 is 0 Å². The zero-order valence-corrected chi connectivity index (χ0v) is 10.5. The lowest BCUT2D eigenvalue weighted by Crippen LogP contribution is -2.35. The Morgan fingerprint density at radius 2 is 2.39 bits per heavy atom. The van der Waals surface area contributed by atoms with Crippen LogP contribution >= 0.6 is 0 Å². The van der Waals surface area contributed by atoms with E-state index in [1.165, 1.54) is 0 Å². The van der Waals surface area contributed by atoms with Crippen molar-refractivity contribution in [2.24, 2.45) is 5.73 Å². The van der Waals surface area contributed by atoms with Crippen LogP contribution in [0.15, 0.2) is 30.6 Å². The van der Waals surface area contributed by atoms with Gasteiger partial charge in [0.15, 0.2) is 0 Å². The Balaban J connectivity index is 2.18. The molecule has 0 bridgehead atoms. The second kappa shape index (κ2) is 5.64. The predicted molar refractivity (Wildman–Crippen MR) is 70.4 cm³/mol. The Kier molecular flexibility index (Phi) is 3.94. The van der Waals surface area contributed by atoms with Crippen LogP contribution in [-0.2, 0) is 0 Å². The van der Waals surface area contributed by atoms with Crippen molar-refractivity contribution in [2.45, 2.75) is 25.8 Å². The number of carbonyl (C=O) groups is 1. The number of rotatable bonds is 5. The van der Waals surface area contributed by atoms with Crippen LogP contribution in [0.4, 0.5) is 0 Å². The van der Waals surface area contributed by atoms with Crippen molar-refractivity contribution < 1.29 is 4.79 Å². The molecule has 2 aromatic heterocycles. The molecule has 1 unspecified atom stereocenters. The number of carbonyl (C=O) groups excluding carboxylic acids is 1. The molecule has 0 aliphatic heterocycles. The molecule has 0 radical (unpaired) electrons. The Morgan fingerprint density at radius 1 is 1.56 bits per heavy atom. The van der Waals surface area contributed by atoms with Gasteiger partial charge in [-0.2, -0.15) is 5.10 Å². The summed E-state index contributed by atoms with van der Waals surface area (Å²) in [5, 5.41) is 7.14. The van der Waals surface area contributed by atoms with Crippen molar-refractivity contribution in [3.8, 4) is 0 Å². The summed E-state index contributed by atoms with van der Waals surface area (Å²) in [6, 6.07) is 5.78. The zero-order valence-electron chi connectivity index (χ0n) is 10.5. The average molecular weight is 246 g/mol. The highest BCUT2D eigenvalue weighted by Crippen LogP contribution is 2.10. The highest BCUT2D eigenvalue weighted by molar-refractivity contribution is 6.00. The number of hydrogen-bond acceptors (Lipinski definition) is 3. The highest BCUT2D eigenvalue weighted by atomic mass is 16.1. The van der Waals surface area contributed by atoms with Crippen LogP contribution in [0.3, 0.4) is 0 Å². The lowest BCUT2D eigenvalue weighted by molar-refractivity contribution is 0.0936. The maximum absolute atomic E-state index is 12.2. The van der Waals surface area contributed by atoms with Gasteiger partial charge in [-0.25, -0.2) is 4.52 Å². The normalized spacial score (nSPS) is 12.6. The monoisotopic (exact) mass is 246 g/mol. The third-order valence-corrected chi connectivity index (χ3v) is 3.01. The maximum atomic E-state index is 12.2. The minimum atomic E-state index is -0.0866. The largest absolute Gasteiger partial charge is 0.349 e. The molecule has 3 N–H and O–H groups in total. The fourth-order valence-electron chi connectivity index (χ4n) is 1.95. The summed E-state index contributed by atoms with van der Waals surface area (Å²) < 4.78 is 1.69. The first-order chi connectivity index (χ1) is 8.76. The molecule has 0 saturated heterocycles. The van der Waals surface area contributed by atoms with Crippen LogP contribution in [-0.4, -0.2) is 28.1 Å². The molecule has 1 amide bonds. The van der Waals surface area contributed by atoms with Crippen LogP contribution in [0.1, 0.15) is 30.1 Å². The molecule has 96 valence electrons. The molecule has 0 saturated carbocycles. The first kappa shape index (κ1) is 12.6. The Morgan fingerprint density at radius 3 is 3.11 bits per heavy atom. The molecule has 5 nitrogen and oxygen atoms in total. The van der Waals surface area contributed by atoms with E-state index in [9.17, 15) is 4.79 Å². The second-order valence-electron chi connectivity index (χ2n) is 4.24.